The summed E-state index contributed by atoms with van der Waals surface area (Å²) < 4.78 is 5.20. The van der Waals surface area contributed by atoms with Crippen LogP contribution in [-0.2, 0) is 13.0 Å². The standard InChI is InChI=1S/C10H18N4O/c1-14(2)7-9-12-10(15-13-9)6-8-4-3-5-11-8/h8,11H,3-7H2,1-2H3. The number of hydrogen-bond acceptors (Lipinski definition) is 5. The first-order chi connectivity index (χ1) is 7.24. The Bertz CT molecular complexity index is 304. The molecule has 1 aromatic rings. The third-order valence-corrected chi connectivity index (χ3v) is 2.55. The number of aromatic nitrogens is 2. The molecule has 0 aliphatic carbocycles. The fraction of sp³-hybridized carbons (Fsp3) is 0.800. The molecular formula is C10H18N4O. The number of nitrogens with zero attached hydrogens (tertiary/aromatic N) is 3. The molecule has 1 N–H and O–H groups in total. The van der Waals surface area contributed by atoms with Crippen LogP contribution in [0, 0.1) is 0 Å². The summed E-state index contributed by atoms with van der Waals surface area (Å²) in [6.45, 7) is 1.85. The Morgan fingerprint density at radius 3 is 3.07 bits per heavy atom. The lowest BCUT2D eigenvalue weighted by Crippen LogP contribution is -2.23. The third-order valence-electron chi connectivity index (χ3n) is 2.55. The molecule has 5 nitrogen and oxygen atoms in total. The topological polar surface area (TPSA) is 54.2 Å². The van der Waals surface area contributed by atoms with Gasteiger partial charge in [0.15, 0.2) is 5.82 Å². The molecule has 0 spiro atoms. The van der Waals surface area contributed by atoms with Crippen LogP contribution in [-0.4, -0.2) is 41.7 Å². The maximum Gasteiger partial charge on any atom is 0.228 e. The Balaban J connectivity index is 1.88. The fourth-order valence-corrected chi connectivity index (χ4v) is 1.86. The zero-order chi connectivity index (χ0) is 10.7. The van der Waals surface area contributed by atoms with Crippen LogP contribution < -0.4 is 5.32 Å². The minimum absolute atomic E-state index is 0.526. The van der Waals surface area contributed by atoms with Gasteiger partial charge in [-0.05, 0) is 33.5 Å². The Morgan fingerprint density at radius 1 is 1.53 bits per heavy atom. The molecule has 5 heteroatoms. The zero-order valence-electron chi connectivity index (χ0n) is 9.36. The van der Waals surface area contributed by atoms with E-state index in [1.54, 1.807) is 0 Å². The Labute approximate surface area is 89.8 Å². The van der Waals surface area contributed by atoms with E-state index >= 15 is 0 Å². The van der Waals surface area contributed by atoms with Crippen LogP contribution >= 0.6 is 0 Å². The van der Waals surface area contributed by atoms with E-state index in [2.05, 4.69) is 15.5 Å². The molecule has 1 aliphatic rings. The minimum atomic E-state index is 0.526. The Morgan fingerprint density at radius 2 is 2.40 bits per heavy atom. The highest BCUT2D eigenvalue weighted by molar-refractivity contribution is 4.90. The maximum atomic E-state index is 5.20. The van der Waals surface area contributed by atoms with E-state index in [1.807, 2.05) is 19.0 Å². The molecule has 0 radical (unpaired) electrons. The largest absolute Gasteiger partial charge is 0.339 e. The maximum absolute atomic E-state index is 5.20. The molecule has 1 atom stereocenters. The fourth-order valence-electron chi connectivity index (χ4n) is 1.86. The highest BCUT2D eigenvalue weighted by atomic mass is 16.5. The SMILES string of the molecule is CN(C)Cc1noc(CC2CCCN2)n1. The molecule has 84 valence electrons. The Hall–Kier alpha value is -0.940. The normalized spacial score (nSPS) is 21.4. The summed E-state index contributed by atoms with van der Waals surface area (Å²) in [6, 6.07) is 0.526. The van der Waals surface area contributed by atoms with Crippen LogP contribution in [0.4, 0.5) is 0 Å². The summed E-state index contributed by atoms with van der Waals surface area (Å²) in [6.07, 6.45) is 3.33. The van der Waals surface area contributed by atoms with Crippen molar-refractivity contribution >= 4 is 0 Å². The molecule has 2 rings (SSSR count). The Kier molecular flexibility index (Phi) is 3.33. The number of nitrogens with one attached hydrogen (secondary N) is 1. The molecule has 1 aromatic heterocycles. The monoisotopic (exact) mass is 210 g/mol. The van der Waals surface area contributed by atoms with Crippen molar-refractivity contribution in [1.29, 1.82) is 0 Å². The molecule has 0 amide bonds. The lowest BCUT2D eigenvalue weighted by molar-refractivity contribution is 0.342. The second kappa shape index (κ2) is 4.72. The predicted molar refractivity (Wildman–Crippen MR) is 56.4 cm³/mol. The summed E-state index contributed by atoms with van der Waals surface area (Å²) in [7, 11) is 3.99. The van der Waals surface area contributed by atoms with Crippen LogP contribution in [0.15, 0.2) is 4.52 Å². The van der Waals surface area contributed by atoms with Crippen molar-refractivity contribution in [3.05, 3.63) is 11.7 Å². The first-order valence-corrected chi connectivity index (χ1v) is 5.43. The van der Waals surface area contributed by atoms with Gasteiger partial charge in [-0.3, -0.25) is 0 Å². The van der Waals surface area contributed by atoms with Crippen LogP contribution in [0.5, 0.6) is 0 Å². The highest BCUT2D eigenvalue weighted by Gasteiger charge is 2.17. The highest BCUT2D eigenvalue weighted by Crippen LogP contribution is 2.10. The van der Waals surface area contributed by atoms with E-state index in [0.717, 1.165) is 31.2 Å². The molecule has 2 heterocycles. The molecule has 1 fully saturated rings. The average Bonchev–Trinajstić information content (AvgIpc) is 2.77. The van der Waals surface area contributed by atoms with E-state index in [4.69, 9.17) is 4.52 Å². The molecule has 0 bridgehead atoms. The van der Waals surface area contributed by atoms with E-state index in [9.17, 15) is 0 Å². The first-order valence-electron chi connectivity index (χ1n) is 5.43. The second-order valence-electron chi connectivity index (χ2n) is 4.34. The van der Waals surface area contributed by atoms with Crippen molar-refractivity contribution in [2.24, 2.45) is 0 Å². The third kappa shape index (κ3) is 3.00. The summed E-state index contributed by atoms with van der Waals surface area (Å²) in [5, 5.41) is 7.36. The smallest absolute Gasteiger partial charge is 0.228 e. The van der Waals surface area contributed by atoms with Crippen molar-refractivity contribution in [1.82, 2.24) is 20.4 Å². The van der Waals surface area contributed by atoms with E-state index in [0.29, 0.717) is 6.04 Å². The molecule has 1 aliphatic heterocycles. The predicted octanol–water partition coefficient (Wildman–Crippen LogP) is 0.426. The van der Waals surface area contributed by atoms with Gasteiger partial charge in [0.1, 0.15) is 0 Å². The molecule has 0 aromatic carbocycles. The molecule has 1 saturated heterocycles. The average molecular weight is 210 g/mol. The number of hydrogen-bond donors (Lipinski definition) is 1. The van der Waals surface area contributed by atoms with Gasteiger partial charge >= 0.3 is 0 Å². The van der Waals surface area contributed by atoms with Crippen LogP contribution in [0.3, 0.4) is 0 Å². The summed E-state index contributed by atoms with van der Waals surface area (Å²) in [4.78, 5) is 6.38. The zero-order valence-corrected chi connectivity index (χ0v) is 9.36. The summed E-state index contributed by atoms with van der Waals surface area (Å²) >= 11 is 0. The lowest BCUT2D eigenvalue weighted by atomic mass is 10.1. The van der Waals surface area contributed by atoms with Gasteiger partial charge in [-0.15, -0.1) is 0 Å². The first kappa shape index (κ1) is 10.6. The van der Waals surface area contributed by atoms with Crippen molar-refractivity contribution < 1.29 is 4.52 Å². The molecular weight excluding hydrogens is 192 g/mol. The van der Waals surface area contributed by atoms with Gasteiger partial charge in [0.25, 0.3) is 0 Å². The van der Waals surface area contributed by atoms with E-state index in [1.165, 1.54) is 12.8 Å². The van der Waals surface area contributed by atoms with Crippen molar-refractivity contribution in [3.8, 4) is 0 Å². The summed E-state index contributed by atoms with van der Waals surface area (Å²) in [5.41, 5.74) is 0. The van der Waals surface area contributed by atoms with Gasteiger partial charge in [-0.1, -0.05) is 5.16 Å². The van der Waals surface area contributed by atoms with Gasteiger partial charge < -0.3 is 14.7 Å². The van der Waals surface area contributed by atoms with Crippen molar-refractivity contribution in [2.75, 3.05) is 20.6 Å². The van der Waals surface area contributed by atoms with Gasteiger partial charge in [-0.2, -0.15) is 4.98 Å². The quantitative estimate of drug-likeness (QED) is 0.781. The van der Waals surface area contributed by atoms with Gasteiger partial charge in [-0.25, -0.2) is 0 Å². The molecule has 0 saturated carbocycles. The van der Waals surface area contributed by atoms with Gasteiger partial charge in [0.2, 0.25) is 5.89 Å². The summed E-state index contributed by atoms with van der Waals surface area (Å²) in [5.74, 6) is 1.53. The van der Waals surface area contributed by atoms with E-state index in [-0.39, 0.29) is 0 Å². The van der Waals surface area contributed by atoms with Crippen molar-refractivity contribution in [3.63, 3.8) is 0 Å². The van der Waals surface area contributed by atoms with Gasteiger partial charge in [0.05, 0.1) is 6.54 Å². The van der Waals surface area contributed by atoms with Crippen molar-refractivity contribution in [2.45, 2.75) is 31.8 Å². The molecule has 1 unspecified atom stereocenters. The minimum Gasteiger partial charge on any atom is -0.339 e. The second-order valence-corrected chi connectivity index (χ2v) is 4.34. The van der Waals surface area contributed by atoms with E-state index < -0.39 is 0 Å². The van der Waals surface area contributed by atoms with Gasteiger partial charge in [0, 0.05) is 12.5 Å². The van der Waals surface area contributed by atoms with Crippen LogP contribution in [0.25, 0.3) is 0 Å². The molecule has 15 heavy (non-hydrogen) atoms. The lowest BCUT2D eigenvalue weighted by Gasteiger charge is -2.05. The number of rotatable bonds is 4. The van der Waals surface area contributed by atoms with Crippen LogP contribution in [0.2, 0.25) is 0 Å². The van der Waals surface area contributed by atoms with Crippen LogP contribution in [0.1, 0.15) is 24.6 Å².